The van der Waals surface area contributed by atoms with Crippen LogP contribution in [0.25, 0.3) is 0 Å². The van der Waals surface area contributed by atoms with Gasteiger partial charge in [-0.15, -0.1) is 0 Å². The molecule has 0 aromatic carbocycles. The summed E-state index contributed by atoms with van der Waals surface area (Å²) in [5.41, 5.74) is 7.06. The van der Waals surface area contributed by atoms with Crippen molar-refractivity contribution in [1.29, 1.82) is 0 Å². The van der Waals surface area contributed by atoms with Crippen LogP contribution in [0.5, 0.6) is 0 Å². The van der Waals surface area contributed by atoms with E-state index < -0.39 is 0 Å². The number of nitrogens with two attached hydrogens (primary N) is 1. The van der Waals surface area contributed by atoms with Crippen LogP contribution in [-0.4, -0.2) is 0 Å². The Kier molecular flexibility index (Phi) is 2.93. The first-order valence-electron chi connectivity index (χ1n) is 4.40. The summed E-state index contributed by atoms with van der Waals surface area (Å²) >= 11 is 0. The largest absolute Gasteiger partial charge is 0.469 e. The normalized spacial score (nSPS) is 13.8. The van der Waals surface area contributed by atoms with Gasteiger partial charge in [-0.3, -0.25) is 0 Å². The zero-order valence-electron chi connectivity index (χ0n) is 8.00. The molecule has 0 saturated carbocycles. The smallest absolute Gasteiger partial charge is 0.101 e. The van der Waals surface area contributed by atoms with Gasteiger partial charge in [0.1, 0.15) is 5.76 Å². The molecule has 2 nitrogen and oxygen atoms in total. The summed E-state index contributed by atoms with van der Waals surface area (Å²) in [7, 11) is 0. The maximum atomic E-state index is 5.95. The van der Waals surface area contributed by atoms with Gasteiger partial charge >= 0.3 is 0 Å². The van der Waals surface area contributed by atoms with E-state index in [1.54, 1.807) is 6.26 Å². The summed E-state index contributed by atoms with van der Waals surface area (Å²) in [4.78, 5) is 0. The van der Waals surface area contributed by atoms with Crippen LogP contribution in [0.4, 0.5) is 0 Å². The van der Waals surface area contributed by atoms with Gasteiger partial charge in [-0.2, -0.15) is 0 Å². The van der Waals surface area contributed by atoms with Gasteiger partial charge in [0.2, 0.25) is 0 Å². The molecule has 1 aromatic heterocycles. The van der Waals surface area contributed by atoms with Crippen molar-refractivity contribution in [2.45, 2.75) is 33.2 Å². The van der Waals surface area contributed by atoms with Crippen LogP contribution in [0.2, 0.25) is 0 Å². The minimum absolute atomic E-state index is 0.127. The molecule has 12 heavy (non-hydrogen) atoms. The van der Waals surface area contributed by atoms with Crippen molar-refractivity contribution in [2.24, 2.45) is 11.7 Å². The number of hydrogen-bond acceptors (Lipinski definition) is 2. The number of rotatable bonds is 3. The zero-order chi connectivity index (χ0) is 9.14. The first-order chi connectivity index (χ1) is 5.59. The minimum Gasteiger partial charge on any atom is -0.469 e. The Labute approximate surface area is 73.8 Å². The Balaban J connectivity index is 2.58. The Morgan fingerprint density at radius 2 is 2.17 bits per heavy atom. The molecule has 0 fully saturated rings. The first kappa shape index (κ1) is 9.33. The monoisotopic (exact) mass is 167 g/mol. The molecule has 1 atom stereocenters. The van der Waals surface area contributed by atoms with Gasteiger partial charge in [-0.05, 0) is 25.3 Å². The number of aryl methyl sites for hydroxylation is 1. The quantitative estimate of drug-likeness (QED) is 0.751. The van der Waals surface area contributed by atoms with Crippen LogP contribution < -0.4 is 5.73 Å². The molecule has 0 aliphatic rings. The third-order valence-corrected chi connectivity index (χ3v) is 1.90. The third kappa shape index (κ3) is 2.38. The van der Waals surface area contributed by atoms with Crippen molar-refractivity contribution in [3.8, 4) is 0 Å². The van der Waals surface area contributed by atoms with Crippen LogP contribution in [0.3, 0.4) is 0 Å². The molecular weight excluding hydrogens is 150 g/mol. The van der Waals surface area contributed by atoms with Crippen molar-refractivity contribution in [1.82, 2.24) is 0 Å². The highest BCUT2D eigenvalue weighted by Crippen LogP contribution is 2.20. The van der Waals surface area contributed by atoms with Crippen LogP contribution in [0, 0.1) is 12.8 Å². The summed E-state index contributed by atoms with van der Waals surface area (Å²) in [6.07, 6.45) is 2.77. The summed E-state index contributed by atoms with van der Waals surface area (Å²) in [5, 5.41) is 0. The molecule has 0 bridgehead atoms. The zero-order valence-corrected chi connectivity index (χ0v) is 8.00. The van der Waals surface area contributed by atoms with E-state index in [2.05, 4.69) is 13.8 Å². The van der Waals surface area contributed by atoms with Crippen molar-refractivity contribution in [2.75, 3.05) is 0 Å². The molecule has 0 aliphatic carbocycles. The molecule has 0 spiro atoms. The lowest BCUT2D eigenvalue weighted by Crippen LogP contribution is -2.11. The van der Waals surface area contributed by atoms with Crippen molar-refractivity contribution in [3.05, 3.63) is 23.7 Å². The highest BCUT2D eigenvalue weighted by Gasteiger charge is 2.09. The fraction of sp³-hybridized carbons (Fsp3) is 0.600. The van der Waals surface area contributed by atoms with E-state index in [0.717, 1.165) is 17.7 Å². The maximum Gasteiger partial charge on any atom is 0.101 e. The highest BCUT2D eigenvalue weighted by atomic mass is 16.3. The summed E-state index contributed by atoms with van der Waals surface area (Å²) in [6.45, 7) is 6.28. The summed E-state index contributed by atoms with van der Waals surface area (Å²) < 4.78 is 5.19. The Morgan fingerprint density at radius 3 is 2.58 bits per heavy atom. The topological polar surface area (TPSA) is 39.2 Å². The van der Waals surface area contributed by atoms with Gasteiger partial charge in [0.05, 0.1) is 6.26 Å². The van der Waals surface area contributed by atoms with E-state index in [1.165, 1.54) is 0 Å². The molecule has 0 radical (unpaired) electrons. The van der Waals surface area contributed by atoms with Crippen molar-refractivity contribution < 1.29 is 4.42 Å². The SMILES string of the molecule is Cc1cc(C(N)CC(C)C)co1. The van der Waals surface area contributed by atoms with E-state index in [-0.39, 0.29) is 6.04 Å². The lowest BCUT2D eigenvalue weighted by atomic mass is 10.00. The predicted octanol–water partition coefficient (Wildman–Crippen LogP) is 2.63. The lowest BCUT2D eigenvalue weighted by molar-refractivity contribution is 0.496. The molecular formula is C10H17NO. The van der Waals surface area contributed by atoms with Gasteiger partial charge in [0.25, 0.3) is 0 Å². The van der Waals surface area contributed by atoms with Crippen LogP contribution in [0.1, 0.15) is 37.6 Å². The molecule has 0 saturated heterocycles. The van der Waals surface area contributed by atoms with Gasteiger partial charge in [0.15, 0.2) is 0 Å². The summed E-state index contributed by atoms with van der Waals surface area (Å²) in [6, 6.07) is 2.13. The summed E-state index contributed by atoms with van der Waals surface area (Å²) in [5.74, 6) is 1.57. The van der Waals surface area contributed by atoms with Gasteiger partial charge in [0, 0.05) is 11.6 Å². The van der Waals surface area contributed by atoms with E-state index in [4.69, 9.17) is 10.2 Å². The van der Waals surface area contributed by atoms with Gasteiger partial charge in [-0.1, -0.05) is 13.8 Å². The van der Waals surface area contributed by atoms with Crippen molar-refractivity contribution >= 4 is 0 Å². The molecule has 1 rings (SSSR count). The van der Waals surface area contributed by atoms with Crippen LogP contribution in [0.15, 0.2) is 16.7 Å². The van der Waals surface area contributed by atoms with Gasteiger partial charge in [-0.25, -0.2) is 0 Å². The fourth-order valence-electron chi connectivity index (χ4n) is 1.30. The molecule has 1 unspecified atom stereocenters. The standard InChI is InChI=1S/C10H17NO/c1-7(2)4-10(11)9-5-8(3)12-6-9/h5-7,10H,4,11H2,1-3H3. The molecule has 1 heterocycles. The molecule has 2 heteroatoms. The van der Waals surface area contributed by atoms with Gasteiger partial charge < -0.3 is 10.2 Å². The number of furan rings is 1. The predicted molar refractivity (Wildman–Crippen MR) is 49.8 cm³/mol. The van der Waals surface area contributed by atoms with Crippen LogP contribution >= 0.6 is 0 Å². The second-order valence-corrected chi connectivity index (χ2v) is 3.73. The third-order valence-electron chi connectivity index (χ3n) is 1.90. The fourth-order valence-corrected chi connectivity index (χ4v) is 1.30. The molecule has 1 aromatic rings. The second kappa shape index (κ2) is 3.76. The van der Waals surface area contributed by atoms with E-state index in [1.807, 2.05) is 13.0 Å². The highest BCUT2D eigenvalue weighted by molar-refractivity contribution is 5.15. The van der Waals surface area contributed by atoms with Crippen LogP contribution in [-0.2, 0) is 0 Å². The first-order valence-corrected chi connectivity index (χ1v) is 4.40. The Morgan fingerprint density at radius 1 is 1.50 bits per heavy atom. The Hall–Kier alpha value is -0.760. The average Bonchev–Trinajstić information content (AvgIpc) is 2.34. The number of hydrogen-bond donors (Lipinski definition) is 1. The molecule has 0 aliphatic heterocycles. The average molecular weight is 167 g/mol. The molecule has 0 amide bonds. The lowest BCUT2D eigenvalue weighted by Gasteiger charge is -2.11. The Bertz CT molecular complexity index is 240. The second-order valence-electron chi connectivity index (χ2n) is 3.73. The maximum absolute atomic E-state index is 5.95. The van der Waals surface area contributed by atoms with Crippen molar-refractivity contribution in [3.63, 3.8) is 0 Å². The van der Waals surface area contributed by atoms with E-state index in [0.29, 0.717) is 5.92 Å². The minimum atomic E-state index is 0.127. The van der Waals surface area contributed by atoms with E-state index >= 15 is 0 Å². The molecule has 2 N–H and O–H groups in total. The van der Waals surface area contributed by atoms with E-state index in [9.17, 15) is 0 Å². The molecule has 68 valence electrons.